The van der Waals surface area contributed by atoms with Gasteiger partial charge in [-0.3, -0.25) is 14.8 Å². The van der Waals surface area contributed by atoms with Crippen LogP contribution in [0.5, 0.6) is 11.5 Å². The summed E-state index contributed by atoms with van der Waals surface area (Å²) in [5.74, 6) is -0.199. The average Bonchev–Trinajstić information content (AvgIpc) is 3.19. The summed E-state index contributed by atoms with van der Waals surface area (Å²) < 4.78 is 34.0. The first-order chi connectivity index (χ1) is 16.6. The maximum absolute atomic E-state index is 13.1. The van der Waals surface area contributed by atoms with Crippen molar-refractivity contribution in [2.45, 2.75) is 18.7 Å². The largest absolute Gasteiger partial charge is 0.508 e. The Morgan fingerprint density at radius 3 is 2.54 bits per heavy atom. The van der Waals surface area contributed by atoms with E-state index in [9.17, 15) is 18.3 Å². The number of hydrogen-bond acceptors (Lipinski definition) is 7. The van der Waals surface area contributed by atoms with Crippen molar-refractivity contribution in [1.82, 2.24) is 4.98 Å². The maximum atomic E-state index is 13.1. The fourth-order valence-corrected chi connectivity index (χ4v) is 5.23. The third-order valence-electron chi connectivity index (χ3n) is 4.74. The van der Waals surface area contributed by atoms with Crippen molar-refractivity contribution < 1.29 is 23.1 Å². The number of sulfonamides is 1. The molecule has 0 bridgehead atoms. The molecule has 1 aromatic heterocycles. The highest BCUT2D eigenvalue weighted by atomic mass is 32.2. The number of aromatic nitrogens is 1. The van der Waals surface area contributed by atoms with Crippen LogP contribution in [-0.4, -0.2) is 31.5 Å². The number of aromatic hydroxyl groups is 1. The highest BCUT2D eigenvalue weighted by Crippen LogP contribution is 2.37. The Bertz CT molecular complexity index is 1410. The number of rotatable bonds is 9. The van der Waals surface area contributed by atoms with Crippen molar-refractivity contribution in [1.29, 1.82) is 0 Å². The molecule has 35 heavy (non-hydrogen) atoms. The number of allylic oxidation sites excluding steroid dienone is 3. The molecule has 0 unspecified atom stereocenters. The molecule has 1 heterocycles. The number of phenolic OH excluding ortho intramolecular Hbond substituents is 1. The number of amides is 1. The molecule has 10 heteroatoms. The number of benzene rings is 2. The second-order valence-corrected chi connectivity index (χ2v) is 9.97. The van der Waals surface area contributed by atoms with Gasteiger partial charge in [0.05, 0.1) is 17.7 Å². The number of thiazole rings is 1. The first-order valence-electron chi connectivity index (χ1n) is 10.4. The predicted molar refractivity (Wildman–Crippen MR) is 139 cm³/mol. The zero-order chi connectivity index (χ0) is 25.6. The molecular formula is C25H25N3O5S2. The molecule has 0 aliphatic carbocycles. The molecule has 3 rings (SSSR count). The molecule has 0 spiro atoms. The van der Waals surface area contributed by atoms with Gasteiger partial charge in [0.25, 0.3) is 15.9 Å². The number of methoxy groups -OCH3 is 1. The molecule has 3 aromatic rings. The lowest BCUT2D eigenvalue weighted by molar-refractivity contribution is -0.112. The zero-order valence-electron chi connectivity index (χ0n) is 19.4. The van der Waals surface area contributed by atoms with Crippen molar-refractivity contribution in [2.75, 3.05) is 17.1 Å². The summed E-state index contributed by atoms with van der Waals surface area (Å²) >= 11 is 1.22. The standard InChI is InChI=1S/C25H25N3O5S2/c1-5-6-7-8-16(2)24(30)27-25-26-17(3)23(34-25)18-9-14-21(33-4)22(15-18)35(31,32)28-19-10-12-20(29)13-11-19/h5-15,28-29H,2H2,1,3-4H3,(H,26,27,30)/b6-5-,8-7-. The lowest BCUT2D eigenvalue weighted by Crippen LogP contribution is -2.14. The Morgan fingerprint density at radius 1 is 1.17 bits per heavy atom. The number of nitrogens with one attached hydrogen (secondary N) is 2. The fourth-order valence-electron chi connectivity index (χ4n) is 3.02. The average molecular weight is 512 g/mol. The SMILES string of the molecule is C=C(/C=C\C=C/C)C(=O)Nc1nc(C)c(-c2ccc(OC)c(S(=O)(=O)Nc3ccc(O)cc3)c2)s1. The van der Waals surface area contributed by atoms with Crippen LogP contribution >= 0.6 is 11.3 Å². The van der Waals surface area contributed by atoms with Crippen molar-refractivity contribution in [3.05, 3.63) is 84.6 Å². The van der Waals surface area contributed by atoms with Crippen LogP contribution in [0.1, 0.15) is 12.6 Å². The van der Waals surface area contributed by atoms with Gasteiger partial charge < -0.3 is 9.84 Å². The summed E-state index contributed by atoms with van der Waals surface area (Å²) in [5.41, 5.74) is 1.79. The Labute approximate surface area is 208 Å². The van der Waals surface area contributed by atoms with E-state index < -0.39 is 10.0 Å². The summed E-state index contributed by atoms with van der Waals surface area (Å²) in [4.78, 5) is 17.4. The monoisotopic (exact) mass is 511 g/mol. The van der Waals surface area contributed by atoms with Crippen molar-refractivity contribution in [3.8, 4) is 21.9 Å². The van der Waals surface area contributed by atoms with Gasteiger partial charge in [-0.15, -0.1) is 0 Å². The molecule has 1 amide bonds. The molecular weight excluding hydrogens is 486 g/mol. The molecule has 0 radical (unpaired) electrons. The number of phenols is 1. The predicted octanol–water partition coefficient (Wildman–Crippen LogP) is 5.26. The lowest BCUT2D eigenvalue weighted by Gasteiger charge is -2.13. The quantitative estimate of drug-likeness (QED) is 0.205. The second kappa shape index (κ2) is 11.0. The summed E-state index contributed by atoms with van der Waals surface area (Å²) in [5, 5.41) is 12.5. The molecule has 8 nitrogen and oxygen atoms in total. The smallest absolute Gasteiger partial charge is 0.265 e. The fraction of sp³-hybridized carbons (Fsp3) is 0.120. The molecule has 0 atom stereocenters. The third kappa shape index (κ3) is 6.37. The number of carbonyl (C=O) groups is 1. The van der Waals surface area contributed by atoms with Crippen LogP contribution in [0.25, 0.3) is 10.4 Å². The van der Waals surface area contributed by atoms with E-state index in [-0.39, 0.29) is 33.6 Å². The number of nitrogens with zero attached hydrogens (tertiary/aromatic N) is 1. The summed E-state index contributed by atoms with van der Waals surface area (Å²) in [6, 6.07) is 10.4. The Kier molecular flexibility index (Phi) is 8.10. The van der Waals surface area contributed by atoms with Crippen LogP contribution in [0.15, 0.2) is 83.8 Å². The topological polar surface area (TPSA) is 118 Å². The third-order valence-corrected chi connectivity index (χ3v) is 7.27. The first kappa shape index (κ1) is 25.7. The van der Waals surface area contributed by atoms with Crippen LogP contribution < -0.4 is 14.8 Å². The van der Waals surface area contributed by atoms with Crippen LogP contribution in [0.2, 0.25) is 0 Å². The van der Waals surface area contributed by atoms with Crippen molar-refractivity contribution in [3.63, 3.8) is 0 Å². The number of aryl methyl sites for hydroxylation is 1. The molecule has 2 aromatic carbocycles. The molecule has 0 aliphatic rings. The number of anilines is 2. The van der Waals surface area contributed by atoms with Gasteiger partial charge in [0, 0.05) is 11.3 Å². The molecule has 0 fully saturated rings. The highest BCUT2D eigenvalue weighted by molar-refractivity contribution is 7.92. The number of hydrogen-bond donors (Lipinski definition) is 3. The van der Waals surface area contributed by atoms with E-state index in [2.05, 4.69) is 21.6 Å². The number of carbonyl (C=O) groups excluding carboxylic acids is 1. The lowest BCUT2D eigenvalue weighted by atomic mass is 10.1. The minimum absolute atomic E-state index is 0.0217. The summed E-state index contributed by atoms with van der Waals surface area (Å²) in [6.45, 7) is 7.39. The van der Waals surface area contributed by atoms with E-state index in [1.165, 1.54) is 48.8 Å². The normalized spacial score (nSPS) is 11.6. The van der Waals surface area contributed by atoms with Gasteiger partial charge in [-0.25, -0.2) is 13.4 Å². The van der Waals surface area contributed by atoms with Gasteiger partial charge in [0.15, 0.2) is 5.13 Å². The van der Waals surface area contributed by atoms with Crippen molar-refractivity contribution >= 4 is 38.1 Å². The molecule has 0 saturated carbocycles. The van der Waals surface area contributed by atoms with E-state index in [0.717, 1.165) is 0 Å². The van der Waals surface area contributed by atoms with Crippen molar-refractivity contribution in [2.24, 2.45) is 0 Å². The van der Waals surface area contributed by atoms with Gasteiger partial charge in [0.2, 0.25) is 0 Å². The Balaban J connectivity index is 1.90. The number of ether oxygens (including phenoxy) is 1. The van der Waals surface area contributed by atoms with E-state index in [0.29, 0.717) is 21.3 Å². The van der Waals surface area contributed by atoms with Gasteiger partial charge in [-0.05, 0) is 61.9 Å². The van der Waals surface area contributed by atoms with Crippen LogP contribution in [0.3, 0.4) is 0 Å². The Morgan fingerprint density at radius 2 is 1.89 bits per heavy atom. The molecule has 0 saturated heterocycles. The van der Waals surface area contributed by atoms with Gasteiger partial charge in [-0.2, -0.15) is 0 Å². The summed E-state index contributed by atoms with van der Waals surface area (Å²) in [6.07, 6.45) is 6.93. The first-order valence-corrected chi connectivity index (χ1v) is 12.7. The van der Waals surface area contributed by atoms with Crippen LogP contribution in [0, 0.1) is 6.92 Å². The van der Waals surface area contributed by atoms with Gasteiger partial charge in [-0.1, -0.05) is 42.2 Å². The van der Waals surface area contributed by atoms with E-state index in [4.69, 9.17) is 4.74 Å². The summed E-state index contributed by atoms with van der Waals surface area (Å²) in [7, 11) is -2.63. The molecule has 182 valence electrons. The minimum Gasteiger partial charge on any atom is -0.508 e. The maximum Gasteiger partial charge on any atom is 0.265 e. The van der Waals surface area contributed by atoms with E-state index in [1.54, 1.807) is 37.3 Å². The Hall–Kier alpha value is -3.89. The van der Waals surface area contributed by atoms with E-state index >= 15 is 0 Å². The minimum atomic E-state index is -4.01. The van der Waals surface area contributed by atoms with Gasteiger partial charge in [0.1, 0.15) is 16.4 Å². The highest BCUT2D eigenvalue weighted by Gasteiger charge is 2.22. The molecule has 3 N–H and O–H groups in total. The van der Waals surface area contributed by atoms with E-state index in [1.807, 2.05) is 13.0 Å². The van der Waals surface area contributed by atoms with Crippen LogP contribution in [0.4, 0.5) is 10.8 Å². The van der Waals surface area contributed by atoms with Crippen LogP contribution in [-0.2, 0) is 14.8 Å². The second-order valence-electron chi connectivity index (χ2n) is 7.32. The van der Waals surface area contributed by atoms with Gasteiger partial charge >= 0.3 is 0 Å². The zero-order valence-corrected chi connectivity index (χ0v) is 21.0. The molecule has 0 aliphatic heterocycles.